The number of hydrogen-bond donors (Lipinski definition) is 1. The molecule has 5 nitrogen and oxygen atoms in total. The minimum atomic E-state index is -0.834. The van der Waals surface area contributed by atoms with Crippen LogP contribution >= 0.6 is 0 Å². The first-order chi connectivity index (χ1) is 7.25. The standard InChI is InChI=1S/C10H14N2O3/c13-10(14)5-8-6-11-12(7-8)9-3-1-2-4-15-9/h6-7,9H,1-5H2,(H,13,14)/t9-/m0/s1. The number of aliphatic carboxylic acids is 1. The molecule has 0 amide bonds. The third-order valence-electron chi connectivity index (χ3n) is 2.46. The highest BCUT2D eigenvalue weighted by Crippen LogP contribution is 2.21. The molecule has 1 N–H and O–H groups in total. The van der Waals surface area contributed by atoms with Gasteiger partial charge >= 0.3 is 5.97 Å². The Labute approximate surface area is 87.7 Å². The fourth-order valence-corrected chi connectivity index (χ4v) is 1.73. The lowest BCUT2D eigenvalue weighted by molar-refractivity contribution is -0.136. The smallest absolute Gasteiger partial charge is 0.307 e. The molecule has 2 heterocycles. The largest absolute Gasteiger partial charge is 0.481 e. The molecule has 0 spiro atoms. The molecule has 1 fully saturated rings. The van der Waals surface area contributed by atoms with Gasteiger partial charge in [0.25, 0.3) is 0 Å². The molecule has 0 aliphatic carbocycles. The van der Waals surface area contributed by atoms with Crippen molar-refractivity contribution in [2.75, 3.05) is 6.61 Å². The third-order valence-corrected chi connectivity index (χ3v) is 2.46. The summed E-state index contributed by atoms with van der Waals surface area (Å²) in [6.07, 6.45) is 6.54. The molecule has 0 saturated carbocycles. The Morgan fingerprint density at radius 1 is 1.67 bits per heavy atom. The van der Waals surface area contributed by atoms with Gasteiger partial charge in [-0.3, -0.25) is 4.79 Å². The van der Waals surface area contributed by atoms with Crippen LogP contribution in [0.1, 0.15) is 31.1 Å². The molecule has 1 atom stereocenters. The fourth-order valence-electron chi connectivity index (χ4n) is 1.73. The van der Waals surface area contributed by atoms with E-state index in [0.717, 1.165) is 31.4 Å². The molecule has 5 heteroatoms. The average molecular weight is 210 g/mol. The molecular formula is C10H14N2O3. The Hall–Kier alpha value is -1.36. The number of rotatable bonds is 3. The van der Waals surface area contributed by atoms with Crippen LogP contribution in [0, 0.1) is 0 Å². The maximum absolute atomic E-state index is 10.5. The molecule has 0 radical (unpaired) electrons. The zero-order valence-electron chi connectivity index (χ0n) is 8.43. The summed E-state index contributed by atoms with van der Waals surface area (Å²) in [7, 11) is 0. The van der Waals surface area contributed by atoms with Gasteiger partial charge in [-0.05, 0) is 19.3 Å². The van der Waals surface area contributed by atoms with Crippen LogP contribution in [-0.4, -0.2) is 27.5 Å². The quantitative estimate of drug-likeness (QED) is 0.814. The summed E-state index contributed by atoms with van der Waals surface area (Å²) in [6.45, 7) is 0.763. The lowest BCUT2D eigenvalue weighted by atomic mass is 10.2. The number of carboxylic acids is 1. The first kappa shape index (κ1) is 10.2. The molecule has 1 aliphatic rings. The Kier molecular flexibility index (Phi) is 3.01. The van der Waals surface area contributed by atoms with Crippen LogP contribution in [0.3, 0.4) is 0 Å². The normalized spacial score (nSPS) is 21.5. The Balaban J connectivity index is 2.02. The molecule has 82 valence electrons. The average Bonchev–Trinajstić information content (AvgIpc) is 2.67. The van der Waals surface area contributed by atoms with Gasteiger partial charge in [0.1, 0.15) is 6.23 Å². The summed E-state index contributed by atoms with van der Waals surface area (Å²) in [5.74, 6) is -0.834. The topological polar surface area (TPSA) is 64.3 Å². The van der Waals surface area contributed by atoms with E-state index in [-0.39, 0.29) is 12.6 Å². The van der Waals surface area contributed by atoms with Gasteiger partial charge in [-0.2, -0.15) is 5.10 Å². The number of nitrogens with zero attached hydrogens (tertiary/aromatic N) is 2. The summed E-state index contributed by atoms with van der Waals surface area (Å²) < 4.78 is 7.26. The molecule has 1 saturated heterocycles. The minimum absolute atomic E-state index is 0.0127. The molecular weight excluding hydrogens is 196 g/mol. The first-order valence-corrected chi connectivity index (χ1v) is 5.12. The van der Waals surface area contributed by atoms with Crippen molar-refractivity contribution in [2.45, 2.75) is 31.9 Å². The second-order valence-electron chi connectivity index (χ2n) is 3.72. The van der Waals surface area contributed by atoms with Crippen molar-refractivity contribution in [3.05, 3.63) is 18.0 Å². The maximum atomic E-state index is 10.5. The molecule has 0 unspecified atom stereocenters. The van der Waals surface area contributed by atoms with Crippen LogP contribution in [0.2, 0.25) is 0 Å². The van der Waals surface area contributed by atoms with Crippen LogP contribution in [0.15, 0.2) is 12.4 Å². The van der Waals surface area contributed by atoms with E-state index in [1.807, 2.05) is 0 Å². The fraction of sp³-hybridized carbons (Fsp3) is 0.600. The van der Waals surface area contributed by atoms with E-state index in [9.17, 15) is 4.79 Å². The van der Waals surface area contributed by atoms with Crippen molar-refractivity contribution in [1.82, 2.24) is 9.78 Å². The van der Waals surface area contributed by atoms with Crippen LogP contribution in [-0.2, 0) is 16.0 Å². The summed E-state index contributed by atoms with van der Waals surface area (Å²) in [4.78, 5) is 10.5. The highest BCUT2D eigenvalue weighted by Gasteiger charge is 2.16. The van der Waals surface area contributed by atoms with Gasteiger partial charge in [0.15, 0.2) is 0 Å². The number of carboxylic acid groups (broad SMARTS) is 1. The minimum Gasteiger partial charge on any atom is -0.481 e. The lowest BCUT2D eigenvalue weighted by Crippen LogP contribution is -2.18. The summed E-state index contributed by atoms with van der Waals surface area (Å²) in [5.41, 5.74) is 0.719. The molecule has 2 rings (SSSR count). The summed E-state index contributed by atoms with van der Waals surface area (Å²) >= 11 is 0. The second kappa shape index (κ2) is 4.44. The predicted octanol–water partition coefficient (Wildman–Crippen LogP) is 1.21. The van der Waals surface area contributed by atoms with Crippen LogP contribution in [0.25, 0.3) is 0 Å². The van der Waals surface area contributed by atoms with Crippen molar-refractivity contribution < 1.29 is 14.6 Å². The third kappa shape index (κ3) is 2.56. The van der Waals surface area contributed by atoms with Gasteiger partial charge < -0.3 is 9.84 Å². The van der Waals surface area contributed by atoms with E-state index >= 15 is 0 Å². The van der Waals surface area contributed by atoms with E-state index in [1.54, 1.807) is 17.1 Å². The van der Waals surface area contributed by atoms with Gasteiger partial charge in [-0.25, -0.2) is 4.68 Å². The van der Waals surface area contributed by atoms with Crippen LogP contribution < -0.4 is 0 Å². The highest BCUT2D eigenvalue weighted by atomic mass is 16.5. The van der Waals surface area contributed by atoms with E-state index in [2.05, 4.69) is 5.10 Å². The Morgan fingerprint density at radius 2 is 2.53 bits per heavy atom. The Bertz CT molecular complexity index is 342. The van der Waals surface area contributed by atoms with Gasteiger partial charge in [0.2, 0.25) is 0 Å². The molecule has 15 heavy (non-hydrogen) atoms. The van der Waals surface area contributed by atoms with Crippen LogP contribution in [0.5, 0.6) is 0 Å². The molecule has 0 aromatic carbocycles. The monoisotopic (exact) mass is 210 g/mol. The van der Waals surface area contributed by atoms with E-state index in [4.69, 9.17) is 9.84 Å². The van der Waals surface area contributed by atoms with Crippen molar-refractivity contribution in [3.8, 4) is 0 Å². The molecule has 1 aromatic rings. The van der Waals surface area contributed by atoms with Crippen molar-refractivity contribution in [2.24, 2.45) is 0 Å². The molecule has 0 bridgehead atoms. The number of ether oxygens (including phenoxy) is 1. The SMILES string of the molecule is O=C(O)Cc1cnn([C@@H]2CCCCO2)c1. The number of carbonyl (C=O) groups is 1. The summed E-state index contributed by atoms with van der Waals surface area (Å²) in [6, 6.07) is 0. The zero-order valence-corrected chi connectivity index (χ0v) is 8.43. The maximum Gasteiger partial charge on any atom is 0.307 e. The van der Waals surface area contributed by atoms with Gasteiger partial charge in [-0.1, -0.05) is 0 Å². The molecule has 1 aromatic heterocycles. The zero-order chi connectivity index (χ0) is 10.7. The van der Waals surface area contributed by atoms with Crippen molar-refractivity contribution in [1.29, 1.82) is 0 Å². The van der Waals surface area contributed by atoms with Gasteiger partial charge in [-0.15, -0.1) is 0 Å². The first-order valence-electron chi connectivity index (χ1n) is 5.12. The highest BCUT2D eigenvalue weighted by molar-refractivity contribution is 5.69. The Morgan fingerprint density at radius 3 is 3.20 bits per heavy atom. The number of aromatic nitrogens is 2. The van der Waals surface area contributed by atoms with E-state index in [0.29, 0.717) is 0 Å². The molecule has 1 aliphatic heterocycles. The van der Waals surface area contributed by atoms with Crippen molar-refractivity contribution in [3.63, 3.8) is 0 Å². The van der Waals surface area contributed by atoms with E-state index < -0.39 is 5.97 Å². The summed E-state index contributed by atoms with van der Waals surface area (Å²) in [5, 5.41) is 12.7. The number of hydrogen-bond acceptors (Lipinski definition) is 3. The van der Waals surface area contributed by atoms with Crippen molar-refractivity contribution >= 4 is 5.97 Å². The van der Waals surface area contributed by atoms with Gasteiger partial charge in [0, 0.05) is 18.4 Å². The van der Waals surface area contributed by atoms with Crippen LogP contribution in [0.4, 0.5) is 0 Å². The lowest BCUT2D eigenvalue weighted by Gasteiger charge is -2.22. The van der Waals surface area contributed by atoms with Gasteiger partial charge in [0.05, 0.1) is 12.6 Å². The van der Waals surface area contributed by atoms with E-state index in [1.165, 1.54) is 0 Å². The predicted molar refractivity (Wildman–Crippen MR) is 52.4 cm³/mol. The second-order valence-corrected chi connectivity index (χ2v) is 3.72.